The Morgan fingerprint density at radius 3 is 3.20 bits per heavy atom. The fourth-order valence-electron chi connectivity index (χ4n) is 1.66. The molecule has 15 heavy (non-hydrogen) atoms. The molecule has 0 bridgehead atoms. The number of esters is 1. The van der Waals surface area contributed by atoms with Gasteiger partial charge in [-0.3, -0.25) is 0 Å². The van der Waals surface area contributed by atoms with E-state index in [0.29, 0.717) is 11.9 Å². The lowest BCUT2D eigenvalue weighted by atomic mass is 10.2. The van der Waals surface area contributed by atoms with Crippen molar-refractivity contribution >= 4 is 23.5 Å². The fourth-order valence-corrected chi connectivity index (χ4v) is 2.86. The summed E-state index contributed by atoms with van der Waals surface area (Å²) in [5.74, 6) is 2.10. The van der Waals surface area contributed by atoms with E-state index in [9.17, 15) is 4.79 Å². The van der Waals surface area contributed by atoms with Crippen molar-refractivity contribution in [2.45, 2.75) is 12.5 Å². The van der Waals surface area contributed by atoms with Gasteiger partial charge in [0.1, 0.15) is 5.82 Å². The quantitative estimate of drug-likeness (QED) is 0.761. The van der Waals surface area contributed by atoms with Gasteiger partial charge < -0.3 is 15.0 Å². The normalized spacial score (nSPS) is 20.5. The van der Waals surface area contributed by atoms with Gasteiger partial charge >= 0.3 is 5.97 Å². The summed E-state index contributed by atoms with van der Waals surface area (Å²) >= 11 is 1.89. The minimum atomic E-state index is -0.475. The predicted molar refractivity (Wildman–Crippen MR) is 59.0 cm³/mol. The molecule has 1 atom stereocenters. The van der Waals surface area contributed by atoms with E-state index in [1.165, 1.54) is 7.11 Å². The molecule has 1 fully saturated rings. The van der Waals surface area contributed by atoms with Crippen LogP contribution in [-0.2, 0) is 4.74 Å². The maximum absolute atomic E-state index is 11.3. The van der Waals surface area contributed by atoms with Gasteiger partial charge in [-0.05, 0) is 12.2 Å². The Bertz CT molecular complexity index is 371. The number of imidazole rings is 1. The summed E-state index contributed by atoms with van der Waals surface area (Å²) < 4.78 is 6.46. The van der Waals surface area contributed by atoms with E-state index in [0.717, 1.165) is 17.9 Å². The van der Waals surface area contributed by atoms with Crippen LogP contribution in [0.2, 0.25) is 0 Å². The van der Waals surface area contributed by atoms with E-state index >= 15 is 0 Å². The molecule has 2 N–H and O–H groups in total. The molecule has 6 heteroatoms. The van der Waals surface area contributed by atoms with Crippen molar-refractivity contribution in [1.29, 1.82) is 0 Å². The van der Waals surface area contributed by atoms with Crippen LogP contribution in [0.4, 0.5) is 5.82 Å². The summed E-state index contributed by atoms with van der Waals surface area (Å²) in [6.45, 7) is 0. The Kier molecular flexibility index (Phi) is 2.86. The Labute approximate surface area is 92.0 Å². The summed E-state index contributed by atoms with van der Waals surface area (Å²) in [6, 6.07) is 0.362. The Balaban J connectivity index is 2.26. The van der Waals surface area contributed by atoms with Crippen LogP contribution in [0.25, 0.3) is 0 Å². The van der Waals surface area contributed by atoms with Crippen LogP contribution in [0, 0.1) is 0 Å². The molecular weight excluding hydrogens is 214 g/mol. The maximum Gasteiger partial charge on any atom is 0.360 e. The van der Waals surface area contributed by atoms with Crippen LogP contribution in [0.3, 0.4) is 0 Å². The van der Waals surface area contributed by atoms with Crippen LogP contribution < -0.4 is 5.73 Å². The average molecular weight is 227 g/mol. The lowest BCUT2D eigenvalue weighted by Crippen LogP contribution is -2.12. The first-order valence-corrected chi connectivity index (χ1v) is 5.88. The molecule has 1 aromatic heterocycles. The lowest BCUT2D eigenvalue weighted by molar-refractivity contribution is 0.0596. The molecule has 0 radical (unpaired) electrons. The van der Waals surface area contributed by atoms with Gasteiger partial charge in [0, 0.05) is 11.8 Å². The van der Waals surface area contributed by atoms with E-state index in [4.69, 9.17) is 5.73 Å². The minimum absolute atomic E-state index is 0.217. The fraction of sp³-hybridized carbons (Fsp3) is 0.556. The number of aromatic nitrogens is 2. The summed E-state index contributed by atoms with van der Waals surface area (Å²) in [5, 5.41) is 0. The van der Waals surface area contributed by atoms with Crippen molar-refractivity contribution in [1.82, 2.24) is 9.55 Å². The highest BCUT2D eigenvalue weighted by Crippen LogP contribution is 2.30. The molecule has 5 nitrogen and oxygen atoms in total. The Morgan fingerprint density at radius 1 is 1.80 bits per heavy atom. The van der Waals surface area contributed by atoms with Crippen LogP contribution in [-0.4, -0.2) is 34.1 Å². The van der Waals surface area contributed by atoms with E-state index in [1.54, 1.807) is 6.33 Å². The van der Waals surface area contributed by atoms with Gasteiger partial charge in [0.25, 0.3) is 0 Å². The number of nitrogens with zero attached hydrogens (tertiary/aromatic N) is 2. The zero-order valence-electron chi connectivity index (χ0n) is 8.47. The monoisotopic (exact) mass is 227 g/mol. The largest absolute Gasteiger partial charge is 0.464 e. The Hall–Kier alpha value is -1.17. The molecular formula is C9H13N3O2S. The number of hydrogen-bond acceptors (Lipinski definition) is 5. The maximum atomic E-state index is 11.3. The van der Waals surface area contributed by atoms with Gasteiger partial charge in [0.05, 0.1) is 13.4 Å². The van der Waals surface area contributed by atoms with Gasteiger partial charge in [-0.25, -0.2) is 9.78 Å². The Morgan fingerprint density at radius 2 is 2.60 bits per heavy atom. The van der Waals surface area contributed by atoms with Crippen molar-refractivity contribution in [3.05, 3.63) is 12.0 Å². The number of rotatable bonds is 2. The zero-order chi connectivity index (χ0) is 10.8. The van der Waals surface area contributed by atoms with Crippen LogP contribution in [0.1, 0.15) is 23.0 Å². The first-order chi connectivity index (χ1) is 7.24. The lowest BCUT2D eigenvalue weighted by Gasteiger charge is -2.11. The molecule has 0 aromatic carbocycles. The number of hydrogen-bond donors (Lipinski definition) is 1. The second-order valence-electron chi connectivity index (χ2n) is 3.39. The SMILES string of the molecule is COC(=O)c1ncn(C2CCSC2)c1N. The molecule has 1 saturated heterocycles. The number of anilines is 1. The van der Waals surface area contributed by atoms with Gasteiger partial charge in [-0.2, -0.15) is 11.8 Å². The third-order valence-electron chi connectivity index (χ3n) is 2.51. The predicted octanol–water partition coefficient (Wildman–Crippen LogP) is 0.930. The summed E-state index contributed by atoms with van der Waals surface area (Å²) in [6.07, 6.45) is 2.70. The summed E-state index contributed by atoms with van der Waals surface area (Å²) in [7, 11) is 1.33. The van der Waals surface area contributed by atoms with E-state index in [1.807, 2.05) is 16.3 Å². The topological polar surface area (TPSA) is 70.1 Å². The number of thioether (sulfide) groups is 1. The van der Waals surface area contributed by atoms with E-state index < -0.39 is 5.97 Å². The summed E-state index contributed by atoms with van der Waals surface area (Å²) in [5.41, 5.74) is 6.07. The molecule has 1 aromatic rings. The minimum Gasteiger partial charge on any atom is -0.464 e. The highest BCUT2D eigenvalue weighted by Gasteiger charge is 2.23. The van der Waals surface area contributed by atoms with Gasteiger partial charge in [0.15, 0.2) is 5.69 Å². The molecule has 1 aliphatic heterocycles. The van der Waals surface area contributed by atoms with E-state index in [2.05, 4.69) is 9.72 Å². The smallest absolute Gasteiger partial charge is 0.360 e. The van der Waals surface area contributed by atoms with Crippen LogP contribution in [0.15, 0.2) is 6.33 Å². The van der Waals surface area contributed by atoms with E-state index in [-0.39, 0.29) is 5.69 Å². The molecule has 0 amide bonds. The zero-order valence-corrected chi connectivity index (χ0v) is 9.29. The first kappa shape index (κ1) is 10.4. The number of ether oxygens (including phenoxy) is 1. The molecule has 2 rings (SSSR count). The van der Waals surface area contributed by atoms with Gasteiger partial charge in [0.2, 0.25) is 0 Å². The molecule has 0 aliphatic carbocycles. The number of carbonyl (C=O) groups excluding carboxylic acids is 1. The van der Waals surface area contributed by atoms with Gasteiger partial charge in [-0.1, -0.05) is 0 Å². The van der Waals surface area contributed by atoms with Crippen molar-refractivity contribution in [2.24, 2.45) is 0 Å². The van der Waals surface area contributed by atoms with Crippen molar-refractivity contribution in [2.75, 3.05) is 24.3 Å². The molecule has 82 valence electrons. The van der Waals surface area contributed by atoms with Crippen LogP contribution >= 0.6 is 11.8 Å². The van der Waals surface area contributed by atoms with Crippen molar-refractivity contribution < 1.29 is 9.53 Å². The molecule has 0 spiro atoms. The highest BCUT2D eigenvalue weighted by atomic mass is 32.2. The van der Waals surface area contributed by atoms with Gasteiger partial charge in [-0.15, -0.1) is 0 Å². The second-order valence-corrected chi connectivity index (χ2v) is 4.54. The third kappa shape index (κ3) is 1.81. The average Bonchev–Trinajstić information content (AvgIpc) is 2.85. The second kappa shape index (κ2) is 4.14. The summed E-state index contributed by atoms with van der Waals surface area (Å²) in [4.78, 5) is 15.3. The van der Waals surface area contributed by atoms with Crippen LogP contribution in [0.5, 0.6) is 0 Å². The van der Waals surface area contributed by atoms with Crippen molar-refractivity contribution in [3.63, 3.8) is 0 Å². The molecule has 1 unspecified atom stereocenters. The third-order valence-corrected chi connectivity index (χ3v) is 3.65. The highest BCUT2D eigenvalue weighted by molar-refractivity contribution is 7.99. The number of nitrogen functional groups attached to an aromatic ring is 1. The molecule has 0 saturated carbocycles. The van der Waals surface area contributed by atoms with Crippen molar-refractivity contribution in [3.8, 4) is 0 Å². The standard InChI is InChI=1S/C9H13N3O2S/c1-14-9(13)7-8(10)12(5-11-7)6-2-3-15-4-6/h5-6H,2-4,10H2,1H3. The number of carbonyl (C=O) groups is 1. The molecule has 1 aliphatic rings. The number of nitrogens with two attached hydrogens (primary N) is 1. The first-order valence-electron chi connectivity index (χ1n) is 4.72. The number of methoxy groups -OCH3 is 1. The molecule has 2 heterocycles.